The number of halogens is 1. The van der Waals surface area contributed by atoms with E-state index in [1.54, 1.807) is 24.3 Å². The fourth-order valence-corrected chi connectivity index (χ4v) is 2.25. The summed E-state index contributed by atoms with van der Waals surface area (Å²) in [5.41, 5.74) is 5.93. The average Bonchev–Trinajstić information content (AvgIpc) is 3.35. The minimum absolute atomic E-state index is 0. The standard InChI is InChI=1S/C16H18N2O4.ClH/c17-13(10-1-2-10)8-18-15(19)9-21-12-5-3-11-4-6-16(20)22-14(11)7-12;/h3-7,10,13H,1-2,8-9,17H2,(H,18,19);1H. The van der Waals surface area contributed by atoms with Crippen molar-refractivity contribution in [3.8, 4) is 5.75 Å². The van der Waals surface area contributed by atoms with Gasteiger partial charge in [-0.1, -0.05) is 0 Å². The minimum atomic E-state index is -0.420. The van der Waals surface area contributed by atoms with Gasteiger partial charge in [-0.3, -0.25) is 4.79 Å². The largest absolute Gasteiger partial charge is 0.484 e. The van der Waals surface area contributed by atoms with Gasteiger partial charge in [-0.15, -0.1) is 12.4 Å². The van der Waals surface area contributed by atoms with Crippen LogP contribution < -0.4 is 21.4 Å². The molecule has 7 heteroatoms. The Kier molecular flexibility index (Phi) is 5.63. The van der Waals surface area contributed by atoms with E-state index >= 15 is 0 Å². The molecule has 1 saturated carbocycles. The first-order chi connectivity index (χ1) is 10.6. The summed E-state index contributed by atoms with van der Waals surface area (Å²) in [5, 5.41) is 3.56. The predicted molar refractivity (Wildman–Crippen MR) is 88.9 cm³/mol. The maximum atomic E-state index is 11.7. The minimum Gasteiger partial charge on any atom is -0.484 e. The normalized spacial score (nSPS) is 14.8. The number of carbonyl (C=O) groups excluding carboxylic acids is 1. The Bertz CT molecular complexity index is 742. The first-order valence-electron chi connectivity index (χ1n) is 7.31. The van der Waals surface area contributed by atoms with Gasteiger partial charge in [0.1, 0.15) is 11.3 Å². The van der Waals surface area contributed by atoms with Crippen LogP contribution in [-0.4, -0.2) is 25.1 Å². The van der Waals surface area contributed by atoms with Crippen molar-refractivity contribution in [1.29, 1.82) is 0 Å². The van der Waals surface area contributed by atoms with Gasteiger partial charge in [-0.05, 0) is 37.0 Å². The smallest absolute Gasteiger partial charge is 0.336 e. The molecule has 3 N–H and O–H groups in total. The van der Waals surface area contributed by atoms with Crippen molar-refractivity contribution in [3.05, 3.63) is 40.8 Å². The molecule has 1 heterocycles. The van der Waals surface area contributed by atoms with Gasteiger partial charge in [0.05, 0.1) is 0 Å². The average molecular weight is 339 g/mol. The molecule has 0 aliphatic heterocycles. The lowest BCUT2D eigenvalue weighted by atomic mass is 10.2. The highest BCUT2D eigenvalue weighted by Crippen LogP contribution is 2.31. The molecule has 124 valence electrons. The highest BCUT2D eigenvalue weighted by molar-refractivity contribution is 5.85. The second-order valence-corrected chi connectivity index (χ2v) is 5.55. The van der Waals surface area contributed by atoms with Crippen LogP contribution in [0.3, 0.4) is 0 Å². The number of hydrogen-bond donors (Lipinski definition) is 2. The van der Waals surface area contributed by atoms with Crippen molar-refractivity contribution in [2.24, 2.45) is 11.7 Å². The quantitative estimate of drug-likeness (QED) is 0.777. The Labute approximate surface area is 139 Å². The van der Waals surface area contributed by atoms with Crippen LogP contribution in [0, 0.1) is 5.92 Å². The number of carbonyl (C=O) groups is 1. The molecule has 1 aliphatic carbocycles. The van der Waals surface area contributed by atoms with Crippen LogP contribution in [0.4, 0.5) is 0 Å². The van der Waals surface area contributed by atoms with E-state index in [9.17, 15) is 9.59 Å². The lowest BCUT2D eigenvalue weighted by Gasteiger charge is -2.12. The number of fused-ring (bicyclic) bond motifs is 1. The van der Waals surface area contributed by atoms with E-state index in [4.69, 9.17) is 14.9 Å². The summed E-state index contributed by atoms with van der Waals surface area (Å²) in [6, 6.07) is 8.16. The zero-order valence-electron chi connectivity index (χ0n) is 12.5. The number of hydrogen-bond acceptors (Lipinski definition) is 5. The molecule has 0 spiro atoms. The summed E-state index contributed by atoms with van der Waals surface area (Å²) in [7, 11) is 0. The molecule has 0 saturated heterocycles. The molecule has 1 unspecified atom stereocenters. The molecule has 0 bridgehead atoms. The molecule has 3 rings (SSSR count). The zero-order valence-corrected chi connectivity index (χ0v) is 13.3. The van der Waals surface area contributed by atoms with Gasteiger partial charge in [0.15, 0.2) is 6.61 Å². The lowest BCUT2D eigenvalue weighted by Crippen LogP contribution is -2.40. The van der Waals surface area contributed by atoms with E-state index < -0.39 is 5.63 Å². The van der Waals surface area contributed by atoms with Crippen LogP contribution in [0.5, 0.6) is 5.75 Å². The van der Waals surface area contributed by atoms with Crippen LogP contribution in [0.25, 0.3) is 11.0 Å². The third-order valence-corrected chi connectivity index (χ3v) is 3.73. The molecular weight excluding hydrogens is 320 g/mol. The van der Waals surface area contributed by atoms with E-state index in [1.165, 1.54) is 6.07 Å². The second-order valence-electron chi connectivity index (χ2n) is 5.55. The fraction of sp³-hybridized carbons (Fsp3) is 0.375. The Morgan fingerprint density at radius 2 is 2.09 bits per heavy atom. The molecule has 1 aliphatic rings. The Hall–Kier alpha value is -2.05. The summed E-state index contributed by atoms with van der Waals surface area (Å²) in [5.74, 6) is 0.804. The highest BCUT2D eigenvalue weighted by Gasteiger charge is 2.28. The Balaban J connectivity index is 0.00000192. The van der Waals surface area contributed by atoms with E-state index in [0.717, 1.165) is 18.2 Å². The Morgan fingerprint density at radius 1 is 1.35 bits per heavy atom. The van der Waals surface area contributed by atoms with E-state index in [1.807, 2.05) is 0 Å². The van der Waals surface area contributed by atoms with Crippen LogP contribution in [0.2, 0.25) is 0 Å². The van der Waals surface area contributed by atoms with Gasteiger partial charge < -0.3 is 20.2 Å². The van der Waals surface area contributed by atoms with Gasteiger partial charge in [-0.25, -0.2) is 4.79 Å². The van der Waals surface area contributed by atoms with E-state index in [0.29, 0.717) is 23.8 Å². The first-order valence-corrected chi connectivity index (χ1v) is 7.31. The van der Waals surface area contributed by atoms with Crippen molar-refractivity contribution in [2.75, 3.05) is 13.2 Å². The number of nitrogens with one attached hydrogen (secondary N) is 1. The summed E-state index contributed by atoms with van der Waals surface area (Å²) in [4.78, 5) is 22.9. The van der Waals surface area contributed by atoms with E-state index in [2.05, 4.69) is 5.32 Å². The Morgan fingerprint density at radius 3 is 2.83 bits per heavy atom. The number of benzene rings is 1. The van der Waals surface area contributed by atoms with Crippen molar-refractivity contribution >= 4 is 29.3 Å². The van der Waals surface area contributed by atoms with Crippen molar-refractivity contribution in [3.63, 3.8) is 0 Å². The van der Waals surface area contributed by atoms with Gasteiger partial charge >= 0.3 is 5.63 Å². The lowest BCUT2D eigenvalue weighted by molar-refractivity contribution is -0.123. The molecule has 1 atom stereocenters. The molecule has 1 aromatic heterocycles. The molecule has 2 aromatic rings. The predicted octanol–water partition coefficient (Wildman–Crippen LogP) is 1.45. The summed E-state index contributed by atoms with van der Waals surface area (Å²) in [6.45, 7) is 0.374. The zero-order chi connectivity index (χ0) is 15.5. The summed E-state index contributed by atoms with van der Waals surface area (Å²) < 4.78 is 10.5. The van der Waals surface area contributed by atoms with Crippen molar-refractivity contribution in [2.45, 2.75) is 18.9 Å². The number of ether oxygens (including phenoxy) is 1. The summed E-state index contributed by atoms with van der Waals surface area (Å²) >= 11 is 0. The van der Waals surface area contributed by atoms with Crippen molar-refractivity contribution in [1.82, 2.24) is 5.32 Å². The molecule has 1 amide bonds. The highest BCUT2D eigenvalue weighted by atomic mass is 35.5. The van der Waals surface area contributed by atoms with Gasteiger partial charge in [-0.2, -0.15) is 0 Å². The van der Waals surface area contributed by atoms with Gasteiger partial charge in [0.2, 0.25) is 0 Å². The van der Waals surface area contributed by atoms with Crippen LogP contribution >= 0.6 is 12.4 Å². The molecule has 0 radical (unpaired) electrons. The topological polar surface area (TPSA) is 94.6 Å². The van der Waals surface area contributed by atoms with Crippen LogP contribution in [-0.2, 0) is 4.79 Å². The van der Waals surface area contributed by atoms with Crippen molar-refractivity contribution < 1.29 is 13.9 Å². The number of rotatable bonds is 6. The molecular formula is C16H19ClN2O4. The van der Waals surface area contributed by atoms with Gasteiger partial charge in [0, 0.05) is 30.1 Å². The van der Waals surface area contributed by atoms with Crippen LogP contribution in [0.1, 0.15) is 12.8 Å². The monoisotopic (exact) mass is 338 g/mol. The maximum absolute atomic E-state index is 11.7. The number of nitrogens with two attached hydrogens (primary N) is 1. The first kappa shape index (κ1) is 17.3. The second kappa shape index (κ2) is 7.48. The third kappa shape index (κ3) is 4.71. The fourth-order valence-electron chi connectivity index (χ4n) is 2.25. The van der Waals surface area contributed by atoms with Gasteiger partial charge in [0.25, 0.3) is 5.91 Å². The maximum Gasteiger partial charge on any atom is 0.336 e. The molecule has 6 nitrogen and oxygen atoms in total. The third-order valence-electron chi connectivity index (χ3n) is 3.73. The molecule has 1 fully saturated rings. The molecule has 23 heavy (non-hydrogen) atoms. The van der Waals surface area contributed by atoms with E-state index in [-0.39, 0.29) is 31.0 Å². The molecule has 1 aromatic carbocycles. The summed E-state index contributed by atoms with van der Waals surface area (Å²) in [6.07, 6.45) is 2.30. The number of amides is 1. The SMILES string of the molecule is Cl.NC(CNC(=O)COc1ccc2ccc(=O)oc2c1)C1CC1. The van der Waals surface area contributed by atoms with Crippen LogP contribution in [0.15, 0.2) is 39.5 Å².